The van der Waals surface area contributed by atoms with E-state index in [0.717, 1.165) is 24.6 Å². The molecule has 4 nitrogen and oxygen atoms in total. The van der Waals surface area contributed by atoms with E-state index in [1.54, 1.807) is 0 Å². The molecule has 0 bridgehead atoms. The van der Waals surface area contributed by atoms with E-state index < -0.39 is 0 Å². The first-order valence-electron chi connectivity index (χ1n) is 6.63. The van der Waals surface area contributed by atoms with Gasteiger partial charge in [0.25, 0.3) is 0 Å². The summed E-state index contributed by atoms with van der Waals surface area (Å²) in [5.74, 6) is 2.15. The van der Waals surface area contributed by atoms with Crippen molar-refractivity contribution in [3.8, 4) is 0 Å². The van der Waals surface area contributed by atoms with Crippen molar-refractivity contribution in [2.45, 2.75) is 58.3 Å². The van der Waals surface area contributed by atoms with E-state index in [2.05, 4.69) is 24.0 Å². The highest BCUT2D eigenvalue weighted by Crippen LogP contribution is 2.41. The zero-order chi connectivity index (χ0) is 12.3. The molecule has 0 unspecified atom stereocenters. The summed E-state index contributed by atoms with van der Waals surface area (Å²) in [6.45, 7) is 5.35. The number of aryl methyl sites for hydroxylation is 1. The van der Waals surface area contributed by atoms with Crippen molar-refractivity contribution >= 4 is 0 Å². The van der Waals surface area contributed by atoms with Crippen LogP contribution in [0, 0.1) is 5.41 Å². The molecular formula is C13H23N3O. The Kier molecular flexibility index (Phi) is 3.82. The van der Waals surface area contributed by atoms with Gasteiger partial charge in [0.15, 0.2) is 5.82 Å². The van der Waals surface area contributed by atoms with Crippen LogP contribution in [-0.4, -0.2) is 16.7 Å². The highest BCUT2D eigenvalue weighted by Gasteiger charge is 2.29. The Hall–Kier alpha value is -0.900. The molecule has 0 atom stereocenters. The number of rotatable bonds is 4. The fourth-order valence-electron chi connectivity index (χ4n) is 2.45. The van der Waals surface area contributed by atoms with Gasteiger partial charge >= 0.3 is 0 Å². The lowest BCUT2D eigenvalue weighted by Crippen LogP contribution is -2.20. The first-order chi connectivity index (χ1) is 8.11. The summed E-state index contributed by atoms with van der Waals surface area (Å²) < 4.78 is 5.26. The molecule has 1 aliphatic carbocycles. The van der Waals surface area contributed by atoms with Gasteiger partial charge in [0.05, 0.1) is 0 Å². The predicted molar refractivity (Wildman–Crippen MR) is 66.7 cm³/mol. The third kappa shape index (κ3) is 3.28. The van der Waals surface area contributed by atoms with Gasteiger partial charge in [-0.25, -0.2) is 0 Å². The second-order valence-corrected chi connectivity index (χ2v) is 5.88. The van der Waals surface area contributed by atoms with Crippen LogP contribution in [-0.2, 0) is 6.42 Å². The van der Waals surface area contributed by atoms with E-state index >= 15 is 0 Å². The minimum Gasteiger partial charge on any atom is -0.339 e. The molecule has 1 fully saturated rings. The molecule has 2 rings (SSSR count). The maximum absolute atomic E-state index is 5.47. The van der Waals surface area contributed by atoms with Crippen LogP contribution in [0.1, 0.15) is 63.6 Å². The Morgan fingerprint density at radius 2 is 2.06 bits per heavy atom. The maximum atomic E-state index is 5.47. The Bertz CT molecular complexity index is 349. The molecular weight excluding hydrogens is 214 g/mol. The minimum atomic E-state index is 0.489. The van der Waals surface area contributed by atoms with Crippen LogP contribution >= 0.6 is 0 Å². The highest BCUT2D eigenvalue weighted by molar-refractivity contribution is 4.99. The minimum absolute atomic E-state index is 0.489. The zero-order valence-electron chi connectivity index (χ0n) is 10.9. The van der Waals surface area contributed by atoms with Crippen LogP contribution in [0.2, 0.25) is 0 Å². The summed E-state index contributed by atoms with van der Waals surface area (Å²) in [4.78, 5) is 4.49. The Labute approximate surface area is 103 Å². The van der Waals surface area contributed by atoms with Crippen molar-refractivity contribution in [2.75, 3.05) is 6.54 Å². The third-order valence-corrected chi connectivity index (χ3v) is 3.78. The molecule has 1 aromatic rings. The molecule has 1 saturated carbocycles. The normalized spacial score (nSPS) is 20.6. The second kappa shape index (κ2) is 5.17. The van der Waals surface area contributed by atoms with Gasteiger partial charge in [-0.15, -0.1) is 0 Å². The van der Waals surface area contributed by atoms with Crippen molar-refractivity contribution in [3.05, 3.63) is 11.7 Å². The summed E-state index contributed by atoms with van der Waals surface area (Å²) in [5.41, 5.74) is 5.95. The van der Waals surface area contributed by atoms with Gasteiger partial charge in [0.2, 0.25) is 5.89 Å². The topological polar surface area (TPSA) is 64.9 Å². The van der Waals surface area contributed by atoms with Crippen molar-refractivity contribution < 1.29 is 4.52 Å². The molecule has 1 aromatic heterocycles. The molecule has 0 spiro atoms. The van der Waals surface area contributed by atoms with Gasteiger partial charge < -0.3 is 10.3 Å². The fraction of sp³-hybridized carbons (Fsp3) is 0.846. The fourth-order valence-corrected chi connectivity index (χ4v) is 2.45. The number of aromatic nitrogens is 2. The van der Waals surface area contributed by atoms with Crippen molar-refractivity contribution in [3.63, 3.8) is 0 Å². The van der Waals surface area contributed by atoms with Gasteiger partial charge in [0, 0.05) is 12.3 Å². The number of hydrogen-bond donors (Lipinski definition) is 1. The summed E-state index contributed by atoms with van der Waals surface area (Å²) in [6, 6.07) is 0. The number of nitrogens with zero attached hydrogens (tertiary/aromatic N) is 2. The predicted octanol–water partition coefficient (Wildman–Crippen LogP) is 2.64. The molecule has 1 aliphatic rings. The summed E-state index contributed by atoms with van der Waals surface area (Å²) in [7, 11) is 0. The van der Waals surface area contributed by atoms with E-state index in [-0.39, 0.29) is 0 Å². The first-order valence-corrected chi connectivity index (χ1v) is 6.63. The highest BCUT2D eigenvalue weighted by atomic mass is 16.5. The van der Waals surface area contributed by atoms with E-state index in [1.807, 2.05) is 0 Å². The average molecular weight is 237 g/mol. The lowest BCUT2D eigenvalue weighted by Gasteiger charge is -2.32. The van der Waals surface area contributed by atoms with Gasteiger partial charge in [-0.2, -0.15) is 4.98 Å². The maximum Gasteiger partial charge on any atom is 0.226 e. The van der Waals surface area contributed by atoms with E-state index in [9.17, 15) is 0 Å². The van der Waals surface area contributed by atoms with Crippen LogP contribution in [0.3, 0.4) is 0 Å². The van der Waals surface area contributed by atoms with E-state index in [0.29, 0.717) is 17.9 Å². The Morgan fingerprint density at radius 3 is 2.71 bits per heavy atom. The molecule has 2 N–H and O–H groups in total. The van der Waals surface area contributed by atoms with Crippen LogP contribution in [0.25, 0.3) is 0 Å². The van der Waals surface area contributed by atoms with Gasteiger partial charge in [-0.05, 0) is 44.1 Å². The molecule has 0 radical (unpaired) electrons. The molecule has 0 saturated heterocycles. The second-order valence-electron chi connectivity index (χ2n) is 5.88. The van der Waals surface area contributed by atoms with Crippen LogP contribution in [0.4, 0.5) is 0 Å². The van der Waals surface area contributed by atoms with Gasteiger partial charge in [0.1, 0.15) is 0 Å². The molecule has 0 aromatic carbocycles. The lowest BCUT2D eigenvalue weighted by molar-refractivity contribution is 0.218. The summed E-state index contributed by atoms with van der Waals surface area (Å²) in [6.07, 6.45) is 6.60. The quantitative estimate of drug-likeness (QED) is 0.874. The molecule has 0 aliphatic heterocycles. The average Bonchev–Trinajstić information content (AvgIpc) is 2.75. The van der Waals surface area contributed by atoms with Crippen LogP contribution in [0.5, 0.6) is 0 Å². The van der Waals surface area contributed by atoms with Crippen molar-refractivity contribution in [1.82, 2.24) is 10.1 Å². The molecule has 96 valence electrons. The van der Waals surface area contributed by atoms with Gasteiger partial charge in [-0.1, -0.05) is 19.0 Å². The van der Waals surface area contributed by atoms with Crippen molar-refractivity contribution in [1.29, 1.82) is 0 Å². The van der Waals surface area contributed by atoms with Crippen LogP contribution < -0.4 is 5.73 Å². The summed E-state index contributed by atoms with van der Waals surface area (Å²) in [5, 5.41) is 4.11. The first kappa shape index (κ1) is 12.6. The molecule has 1 heterocycles. The largest absolute Gasteiger partial charge is 0.339 e. The molecule has 17 heavy (non-hydrogen) atoms. The number of nitrogens with two attached hydrogens (primary N) is 1. The smallest absolute Gasteiger partial charge is 0.226 e. The third-order valence-electron chi connectivity index (χ3n) is 3.78. The zero-order valence-corrected chi connectivity index (χ0v) is 10.9. The SMILES string of the molecule is CC1(C)CCC(c2noc(CCCN)n2)CC1. The van der Waals surface area contributed by atoms with E-state index in [4.69, 9.17) is 10.3 Å². The standard InChI is InChI=1S/C13H23N3O/c1-13(2)7-5-10(6-8-13)12-15-11(17-16-12)4-3-9-14/h10H,3-9,14H2,1-2H3. The monoisotopic (exact) mass is 237 g/mol. The molecule has 0 amide bonds. The number of hydrogen-bond acceptors (Lipinski definition) is 4. The Morgan fingerprint density at radius 1 is 1.35 bits per heavy atom. The lowest BCUT2D eigenvalue weighted by atomic mass is 9.73. The van der Waals surface area contributed by atoms with Crippen LogP contribution in [0.15, 0.2) is 4.52 Å². The summed E-state index contributed by atoms with van der Waals surface area (Å²) >= 11 is 0. The molecule has 4 heteroatoms. The Balaban J connectivity index is 1.92. The van der Waals surface area contributed by atoms with E-state index in [1.165, 1.54) is 25.7 Å². The van der Waals surface area contributed by atoms with Crippen molar-refractivity contribution in [2.24, 2.45) is 11.1 Å². The van der Waals surface area contributed by atoms with Gasteiger partial charge in [-0.3, -0.25) is 0 Å².